The van der Waals surface area contributed by atoms with E-state index >= 15 is 0 Å². The quantitative estimate of drug-likeness (QED) is 0.746. The van der Waals surface area contributed by atoms with Crippen LogP contribution in [0.15, 0.2) is 42.5 Å². The molecule has 0 atom stereocenters. The molecule has 0 aliphatic heterocycles. The molecule has 0 heterocycles. The van der Waals surface area contributed by atoms with Gasteiger partial charge in [-0.25, -0.2) is 4.39 Å². The van der Waals surface area contributed by atoms with E-state index in [0.717, 1.165) is 48.9 Å². The van der Waals surface area contributed by atoms with Gasteiger partial charge in [-0.2, -0.15) is 0 Å². The largest absolute Gasteiger partial charge is 0.351 e. The first kappa shape index (κ1) is 18.9. The van der Waals surface area contributed by atoms with Gasteiger partial charge in [-0.15, -0.1) is 0 Å². The fourth-order valence-electron chi connectivity index (χ4n) is 3.64. The fourth-order valence-corrected chi connectivity index (χ4v) is 3.84. The van der Waals surface area contributed by atoms with Gasteiger partial charge in [-0.1, -0.05) is 36.2 Å². The van der Waals surface area contributed by atoms with Crippen molar-refractivity contribution in [2.24, 2.45) is 5.92 Å². The van der Waals surface area contributed by atoms with Crippen LogP contribution in [0.3, 0.4) is 0 Å². The predicted octanol–water partition coefficient (Wildman–Crippen LogP) is 4.57. The Hall–Kier alpha value is -2.40. The summed E-state index contributed by atoms with van der Waals surface area (Å²) in [6.45, 7) is 0.302. The molecule has 146 valence electrons. The van der Waals surface area contributed by atoms with Gasteiger partial charge in [0.2, 0.25) is 11.8 Å². The Kier molecular flexibility index (Phi) is 5.11. The zero-order valence-corrected chi connectivity index (χ0v) is 16.2. The van der Waals surface area contributed by atoms with Crippen molar-refractivity contribution in [1.29, 1.82) is 0 Å². The lowest BCUT2D eigenvalue weighted by atomic mass is 9.63. The Bertz CT molecular complexity index is 905. The van der Waals surface area contributed by atoms with Gasteiger partial charge in [0.15, 0.2) is 0 Å². The molecule has 2 aromatic rings. The summed E-state index contributed by atoms with van der Waals surface area (Å²) < 4.78 is 13.3. The number of nitrogens with one attached hydrogen (secondary N) is 2. The molecule has 2 aliphatic rings. The lowest BCUT2D eigenvalue weighted by Crippen LogP contribution is -2.49. The van der Waals surface area contributed by atoms with Crippen molar-refractivity contribution in [2.45, 2.75) is 44.1 Å². The zero-order chi connectivity index (χ0) is 19.7. The number of anilines is 1. The highest BCUT2D eigenvalue weighted by Gasteiger charge is 2.45. The van der Waals surface area contributed by atoms with Gasteiger partial charge in [0.1, 0.15) is 5.82 Å². The first-order valence-corrected chi connectivity index (χ1v) is 9.99. The van der Waals surface area contributed by atoms with Crippen molar-refractivity contribution < 1.29 is 14.0 Å². The van der Waals surface area contributed by atoms with Gasteiger partial charge in [0.05, 0.1) is 10.4 Å². The molecule has 0 bridgehead atoms. The summed E-state index contributed by atoms with van der Waals surface area (Å²) in [6, 6.07) is 12.0. The van der Waals surface area contributed by atoms with Gasteiger partial charge in [0, 0.05) is 18.2 Å². The van der Waals surface area contributed by atoms with E-state index in [0.29, 0.717) is 6.54 Å². The molecule has 28 heavy (non-hydrogen) atoms. The maximum atomic E-state index is 13.3. The summed E-state index contributed by atoms with van der Waals surface area (Å²) in [4.78, 5) is 24.8. The Morgan fingerprint density at radius 1 is 1.11 bits per heavy atom. The van der Waals surface area contributed by atoms with Gasteiger partial charge in [-0.3, -0.25) is 9.59 Å². The molecule has 2 fully saturated rings. The summed E-state index contributed by atoms with van der Waals surface area (Å²) in [5, 5.41) is 5.94. The summed E-state index contributed by atoms with van der Waals surface area (Å²) in [5.74, 6) is -0.278. The second-order valence-corrected chi connectivity index (χ2v) is 8.11. The lowest BCUT2D eigenvalue weighted by molar-refractivity contribution is -0.130. The highest BCUT2D eigenvalue weighted by atomic mass is 35.5. The monoisotopic (exact) mass is 400 g/mol. The number of carbonyl (C=O) groups is 2. The molecule has 2 aliphatic carbocycles. The number of hydrogen-bond donors (Lipinski definition) is 2. The standard InChI is InChI=1S/C22H22ClFN2O2/c23-18-12-14(2-9-19(18)24)13-25-21(28)22(10-1-11-22)16-5-7-17(8-6-16)26-20(27)15-3-4-15/h2,5-9,12,15H,1,3-4,10-11,13H2,(H,25,28)(H,26,27). The summed E-state index contributed by atoms with van der Waals surface area (Å²) >= 11 is 5.81. The van der Waals surface area contributed by atoms with Crippen LogP contribution < -0.4 is 10.6 Å². The van der Waals surface area contributed by atoms with Crippen LogP contribution in [0.1, 0.15) is 43.2 Å². The number of halogens is 2. The normalized spacial score (nSPS) is 17.5. The minimum atomic E-state index is -0.539. The predicted molar refractivity (Wildman–Crippen MR) is 107 cm³/mol. The first-order chi connectivity index (χ1) is 13.5. The first-order valence-electron chi connectivity index (χ1n) is 9.61. The van der Waals surface area contributed by atoms with Crippen LogP contribution in [0.4, 0.5) is 10.1 Å². The number of carbonyl (C=O) groups excluding carboxylic acids is 2. The third-order valence-corrected chi connectivity index (χ3v) is 6.02. The maximum absolute atomic E-state index is 13.3. The van der Waals surface area contributed by atoms with E-state index in [1.807, 2.05) is 24.3 Å². The third kappa shape index (κ3) is 3.76. The minimum Gasteiger partial charge on any atom is -0.351 e. The molecule has 4 rings (SSSR count). The average molecular weight is 401 g/mol. The van der Waals surface area contributed by atoms with E-state index in [2.05, 4.69) is 10.6 Å². The second-order valence-electron chi connectivity index (χ2n) is 7.71. The number of benzene rings is 2. The van der Waals surface area contributed by atoms with Crippen LogP contribution in [0.5, 0.6) is 0 Å². The van der Waals surface area contributed by atoms with Crippen LogP contribution >= 0.6 is 11.6 Å². The zero-order valence-electron chi connectivity index (χ0n) is 15.4. The Morgan fingerprint density at radius 2 is 1.82 bits per heavy atom. The smallest absolute Gasteiger partial charge is 0.230 e. The molecule has 2 amide bonds. The van der Waals surface area contributed by atoms with Crippen LogP contribution in [0.2, 0.25) is 5.02 Å². The highest BCUT2D eigenvalue weighted by Crippen LogP contribution is 2.44. The second kappa shape index (κ2) is 7.55. The minimum absolute atomic E-state index is 0.0334. The summed E-state index contributed by atoms with van der Waals surface area (Å²) in [7, 11) is 0. The molecular weight excluding hydrogens is 379 g/mol. The topological polar surface area (TPSA) is 58.2 Å². The van der Waals surface area contributed by atoms with Crippen molar-refractivity contribution in [3.63, 3.8) is 0 Å². The van der Waals surface area contributed by atoms with E-state index in [4.69, 9.17) is 11.6 Å². The van der Waals surface area contributed by atoms with Crippen LogP contribution in [-0.4, -0.2) is 11.8 Å². The van der Waals surface area contributed by atoms with Crippen molar-refractivity contribution in [2.75, 3.05) is 5.32 Å². The van der Waals surface area contributed by atoms with Crippen molar-refractivity contribution >= 4 is 29.1 Å². The van der Waals surface area contributed by atoms with Gasteiger partial charge in [-0.05, 0) is 61.1 Å². The van der Waals surface area contributed by atoms with Crippen molar-refractivity contribution in [1.82, 2.24) is 5.32 Å². The van der Waals surface area contributed by atoms with E-state index in [1.54, 1.807) is 6.07 Å². The molecule has 0 saturated heterocycles. The SMILES string of the molecule is O=C(Nc1ccc(C2(C(=O)NCc3ccc(F)c(Cl)c3)CCC2)cc1)C1CC1. The molecule has 0 unspecified atom stereocenters. The number of hydrogen-bond acceptors (Lipinski definition) is 2. The maximum Gasteiger partial charge on any atom is 0.230 e. The average Bonchev–Trinajstić information content (AvgIpc) is 3.48. The van der Waals surface area contributed by atoms with Gasteiger partial charge >= 0.3 is 0 Å². The van der Waals surface area contributed by atoms with Crippen LogP contribution in [-0.2, 0) is 21.5 Å². The lowest BCUT2D eigenvalue weighted by Gasteiger charge is -2.40. The van der Waals surface area contributed by atoms with Crippen molar-refractivity contribution in [3.05, 3.63) is 64.4 Å². The van der Waals surface area contributed by atoms with Gasteiger partial charge in [0.25, 0.3) is 0 Å². The molecule has 0 aromatic heterocycles. The Balaban J connectivity index is 1.43. The molecule has 2 aromatic carbocycles. The van der Waals surface area contributed by atoms with Crippen LogP contribution in [0.25, 0.3) is 0 Å². The van der Waals surface area contributed by atoms with Crippen molar-refractivity contribution in [3.8, 4) is 0 Å². The van der Waals surface area contributed by atoms with Gasteiger partial charge < -0.3 is 10.6 Å². The fraction of sp³-hybridized carbons (Fsp3) is 0.364. The number of rotatable bonds is 6. The molecule has 2 saturated carbocycles. The highest BCUT2D eigenvalue weighted by molar-refractivity contribution is 6.30. The molecule has 4 nitrogen and oxygen atoms in total. The third-order valence-electron chi connectivity index (χ3n) is 5.73. The molecule has 0 spiro atoms. The van der Waals surface area contributed by atoms with E-state index < -0.39 is 11.2 Å². The van der Waals surface area contributed by atoms with E-state index in [1.165, 1.54) is 12.1 Å². The summed E-state index contributed by atoms with van der Waals surface area (Å²) in [5.41, 5.74) is 1.93. The van der Waals surface area contributed by atoms with Crippen LogP contribution in [0, 0.1) is 11.7 Å². The molecule has 6 heteroatoms. The Morgan fingerprint density at radius 3 is 2.39 bits per heavy atom. The molecule has 0 radical (unpaired) electrons. The molecule has 2 N–H and O–H groups in total. The Labute approximate surface area is 168 Å². The molecular formula is C22H22ClFN2O2. The van der Waals surface area contributed by atoms with E-state index in [9.17, 15) is 14.0 Å². The van der Waals surface area contributed by atoms with E-state index in [-0.39, 0.29) is 22.8 Å². The summed E-state index contributed by atoms with van der Waals surface area (Å²) in [6.07, 6.45) is 4.50. The number of amides is 2.